The SMILES string of the molecule is Cc1cccn2c(=O)c(C=C3SC(=S)N(CC4CCCO4)C3=O)c(N3CCN(C)CC3)nc12. The number of fused-ring (bicyclic) bond motifs is 1. The Labute approximate surface area is 202 Å². The first-order valence-electron chi connectivity index (χ1n) is 11.2. The summed E-state index contributed by atoms with van der Waals surface area (Å²) >= 11 is 6.74. The predicted octanol–water partition coefficient (Wildman–Crippen LogP) is 2.13. The summed E-state index contributed by atoms with van der Waals surface area (Å²) in [6.07, 6.45) is 5.36. The topological polar surface area (TPSA) is 70.4 Å². The fourth-order valence-electron chi connectivity index (χ4n) is 4.47. The maximum Gasteiger partial charge on any atom is 0.267 e. The second kappa shape index (κ2) is 9.17. The Hall–Kier alpha value is -2.27. The molecule has 10 heteroatoms. The van der Waals surface area contributed by atoms with Gasteiger partial charge in [-0.1, -0.05) is 30.0 Å². The maximum absolute atomic E-state index is 13.6. The van der Waals surface area contributed by atoms with Crippen molar-refractivity contribution in [1.29, 1.82) is 0 Å². The summed E-state index contributed by atoms with van der Waals surface area (Å²) < 4.78 is 7.76. The Balaban J connectivity index is 1.56. The monoisotopic (exact) mass is 485 g/mol. The molecule has 5 rings (SSSR count). The van der Waals surface area contributed by atoms with Crippen LogP contribution in [0.1, 0.15) is 24.0 Å². The molecule has 0 aliphatic carbocycles. The molecular formula is C23H27N5O3S2. The molecule has 174 valence electrons. The first kappa shape index (κ1) is 22.5. The van der Waals surface area contributed by atoms with Crippen LogP contribution in [0.25, 0.3) is 11.7 Å². The van der Waals surface area contributed by atoms with Gasteiger partial charge in [-0.25, -0.2) is 4.98 Å². The molecule has 0 bridgehead atoms. The van der Waals surface area contributed by atoms with E-state index in [1.54, 1.807) is 21.6 Å². The number of piperazine rings is 1. The molecule has 1 atom stereocenters. The summed E-state index contributed by atoms with van der Waals surface area (Å²) in [5.41, 5.74) is 1.82. The molecule has 0 saturated carbocycles. The molecule has 1 amide bonds. The molecule has 3 aliphatic rings. The number of amides is 1. The number of likely N-dealkylation sites (N-methyl/N-ethyl adjacent to an activating group) is 1. The van der Waals surface area contributed by atoms with Gasteiger partial charge < -0.3 is 14.5 Å². The van der Waals surface area contributed by atoms with Gasteiger partial charge >= 0.3 is 0 Å². The second-order valence-corrected chi connectivity index (χ2v) is 10.4. The number of carbonyl (C=O) groups excluding carboxylic acids is 1. The Morgan fingerprint density at radius 1 is 1.27 bits per heavy atom. The number of hydrogen-bond acceptors (Lipinski definition) is 8. The smallest absolute Gasteiger partial charge is 0.267 e. The first-order chi connectivity index (χ1) is 15.9. The zero-order valence-corrected chi connectivity index (χ0v) is 20.5. The largest absolute Gasteiger partial charge is 0.376 e. The van der Waals surface area contributed by atoms with Crippen molar-refractivity contribution in [3.63, 3.8) is 0 Å². The highest BCUT2D eigenvalue weighted by molar-refractivity contribution is 8.26. The number of ether oxygens (including phenoxy) is 1. The highest BCUT2D eigenvalue weighted by atomic mass is 32.2. The normalized spacial score (nSPS) is 23.5. The van der Waals surface area contributed by atoms with Gasteiger partial charge in [0.25, 0.3) is 11.5 Å². The maximum atomic E-state index is 13.6. The minimum atomic E-state index is -0.179. The Kier molecular flexibility index (Phi) is 6.26. The minimum Gasteiger partial charge on any atom is -0.376 e. The number of thioether (sulfide) groups is 1. The van der Waals surface area contributed by atoms with Crippen molar-refractivity contribution in [2.75, 3.05) is 51.3 Å². The first-order valence-corrected chi connectivity index (χ1v) is 12.5. The van der Waals surface area contributed by atoms with Gasteiger partial charge in [-0.05, 0) is 44.5 Å². The van der Waals surface area contributed by atoms with Gasteiger partial charge in [0.1, 0.15) is 15.8 Å². The molecular weight excluding hydrogens is 458 g/mol. The number of hydrogen-bond donors (Lipinski definition) is 0. The number of anilines is 1. The lowest BCUT2D eigenvalue weighted by atomic mass is 10.2. The molecule has 0 radical (unpaired) electrons. The van der Waals surface area contributed by atoms with Crippen molar-refractivity contribution >= 4 is 51.7 Å². The lowest BCUT2D eigenvalue weighted by Gasteiger charge is -2.34. The molecule has 3 saturated heterocycles. The molecule has 2 aromatic rings. The number of rotatable bonds is 4. The predicted molar refractivity (Wildman–Crippen MR) is 135 cm³/mol. The van der Waals surface area contributed by atoms with E-state index in [4.69, 9.17) is 21.9 Å². The van der Waals surface area contributed by atoms with Crippen molar-refractivity contribution < 1.29 is 9.53 Å². The minimum absolute atomic E-state index is 0.0173. The van der Waals surface area contributed by atoms with Gasteiger partial charge in [0, 0.05) is 39.0 Å². The lowest BCUT2D eigenvalue weighted by Crippen LogP contribution is -2.45. The van der Waals surface area contributed by atoms with Crippen LogP contribution in [0.2, 0.25) is 0 Å². The summed E-state index contributed by atoms with van der Waals surface area (Å²) in [6.45, 7) is 6.45. The number of thiocarbonyl (C=S) groups is 1. The summed E-state index contributed by atoms with van der Waals surface area (Å²) in [4.78, 5) is 38.2. The average molecular weight is 486 g/mol. The van der Waals surface area contributed by atoms with E-state index in [1.165, 1.54) is 11.8 Å². The van der Waals surface area contributed by atoms with Crippen LogP contribution < -0.4 is 10.5 Å². The molecule has 5 heterocycles. The third-order valence-corrected chi connectivity index (χ3v) is 7.80. The number of pyridine rings is 1. The number of nitrogens with zero attached hydrogens (tertiary/aromatic N) is 5. The lowest BCUT2D eigenvalue weighted by molar-refractivity contribution is -0.123. The molecule has 2 aromatic heterocycles. The quantitative estimate of drug-likeness (QED) is 0.482. The van der Waals surface area contributed by atoms with Gasteiger partial charge in [0.05, 0.1) is 23.1 Å². The van der Waals surface area contributed by atoms with Gasteiger partial charge in [-0.15, -0.1) is 0 Å². The third-order valence-electron chi connectivity index (χ3n) is 6.43. The van der Waals surface area contributed by atoms with Crippen LogP contribution in [0.3, 0.4) is 0 Å². The number of aromatic nitrogens is 2. The third kappa shape index (κ3) is 4.32. The van der Waals surface area contributed by atoms with Crippen LogP contribution in [0, 0.1) is 6.92 Å². The van der Waals surface area contributed by atoms with E-state index in [-0.39, 0.29) is 17.6 Å². The van der Waals surface area contributed by atoms with Crippen molar-refractivity contribution in [2.24, 2.45) is 0 Å². The van der Waals surface area contributed by atoms with Crippen LogP contribution in [0.5, 0.6) is 0 Å². The summed E-state index contributed by atoms with van der Waals surface area (Å²) in [6, 6.07) is 3.79. The fraction of sp³-hybridized carbons (Fsp3) is 0.478. The molecule has 8 nitrogen and oxygen atoms in total. The van der Waals surface area contributed by atoms with E-state index in [0.29, 0.717) is 32.8 Å². The summed E-state index contributed by atoms with van der Waals surface area (Å²) in [5.74, 6) is 0.463. The number of aryl methyl sites for hydroxylation is 1. The van der Waals surface area contributed by atoms with Crippen molar-refractivity contribution in [3.8, 4) is 0 Å². The zero-order chi connectivity index (χ0) is 23.1. The highest BCUT2D eigenvalue weighted by Gasteiger charge is 2.35. The molecule has 0 N–H and O–H groups in total. The molecule has 3 fully saturated rings. The van der Waals surface area contributed by atoms with Crippen molar-refractivity contribution in [2.45, 2.75) is 25.9 Å². The van der Waals surface area contributed by atoms with E-state index >= 15 is 0 Å². The average Bonchev–Trinajstić information content (AvgIpc) is 3.41. The van der Waals surface area contributed by atoms with Crippen molar-refractivity contribution in [3.05, 3.63) is 44.7 Å². The Morgan fingerprint density at radius 3 is 2.79 bits per heavy atom. The molecule has 0 aromatic carbocycles. The van der Waals surface area contributed by atoms with E-state index in [2.05, 4.69) is 16.8 Å². The van der Waals surface area contributed by atoms with Gasteiger partial charge in [0.15, 0.2) is 0 Å². The highest BCUT2D eigenvalue weighted by Crippen LogP contribution is 2.34. The van der Waals surface area contributed by atoms with E-state index < -0.39 is 0 Å². The Morgan fingerprint density at radius 2 is 2.06 bits per heavy atom. The fourth-order valence-corrected chi connectivity index (χ4v) is 5.72. The summed E-state index contributed by atoms with van der Waals surface area (Å²) in [5, 5.41) is 0. The van der Waals surface area contributed by atoms with E-state index in [1.807, 2.05) is 19.1 Å². The van der Waals surface area contributed by atoms with Gasteiger partial charge in [-0.2, -0.15) is 0 Å². The van der Waals surface area contributed by atoms with Crippen LogP contribution in [0.15, 0.2) is 28.0 Å². The van der Waals surface area contributed by atoms with Gasteiger partial charge in [0.2, 0.25) is 0 Å². The molecule has 33 heavy (non-hydrogen) atoms. The number of carbonyl (C=O) groups is 1. The van der Waals surface area contributed by atoms with Crippen LogP contribution in [0.4, 0.5) is 5.82 Å². The van der Waals surface area contributed by atoms with E-state index in [0.717, 1.165) is 51.2 Å². The van der Waals surface area contributed by atoms with E-state index in [9.17, 15) is 9.59 Å². The van der Waals surface area contributed by atoms with Crippen LogP contribution in [-0.4, -0.2) is 81.9 Å². The van der Waals surface area contributed by atoms with Crippen LogP contribution >= 0.6 is 24.0 Å². The summed E-state index contributed by atoms with van der Waals surface area (Å²) in [7, 11) is 2.09. The second-order valence-electron chi connectivity index (χ2n) is 8.76. The Bertz CT molecular complexity index is 1200. The molecule has 3 aliphatic heterocycles. The van der Waals surface area contributed by atoms with Crippen LogP contribution in [-0.2, 0) is 9.53 Å². The van der Waals surface area contributed by atoms with Gasteiger partial charge in [-0.3, -0.25) is 18.9 Å². The molecule has 1 unspecified atom stereocenters. The zero-order valence-electron chi connectivity index (χ0n) is 18.8. The van der Waals surface area contributed by atoms with Crippen molar-refractivity contribution in [1.82, 2.24) is 19.2 Å². The standard InChI is InChI=1S/C23H27N5O3S2/c1-15-5-3-7-27-19(15)24-20(26-10-8-25(2)9-11-26)17(21(27)29)13-18-22(30)28(23(32)33-18)14-16-6-4-12-31-16/h3,5,7,13,16H,4,6,8-12,14H2,1-2H3. The molecule has 0 spiro atoms.